The fourth-order valence-electron chi connectivity index (χ4n) is 2.56. The fraction of sp³-hybridized carbons (Fsp3) is 0.571. The van der Waals surface area contributed by atoms with E-state index in [2.05, 4.69) is 0 Å². The summed E-state index contributed by atoms with van der Waals surface area (Å²) in [6.07, 6.45) is 2.46. The maximum Gasteiger partial charge on any atom is 0.304 e. The maximum absolute atomic E-state index is 12.8. The molecule has 1 aliphatic rings. The number of methoxy groups -OCH3 is 1. The summed E-state index contributed by atoms with van der Waals surface area (Å²) in [5.41, 5.74) is 0.539. The standard InChI is InChI=1S/C14H22N2O4S/c1-15(12-7-5-8-14(10-12)20-2)21(18,19)16-9-4-3-6-13(16)11-17/h5,7-8,10,13,17H,3-4,6,9,11H2,1-2H3. The van der Waals surface area contributed by atoms with Gasteiger partial charge >= 0.3 is 10.2 Å². The number of rotatable bonds is 5. The summed E-state index contributed by atoms with van der Waals surface area (Å²) in [6.45, 7) is 0.299. The van der Waals surface area contributed by atoms with Crippen molar-refractivity contribution >= 4 is 15.9 Å². The molecule has 1 heterocycles. The normalized spacial score (nSPS) is 20.2. The Bertz CT molecular complexity index is 576. The van der Waals surface area contributed by atoms with Crippen molar-refractivity contribution < 1.29 is 18.3 Å². The minimum Gasteiger partial charge on any atom is -0.497 e. The van der Waals surface area contributed by atoms with Gasteiger partial charge in [-0.25, -0.2) is 0 Å². The van der Waals surface area contributed by atoms with E-state index in [1.807, 2.05) is 0 Å². The largest absolute Gasteiger partial charge is 0.497 e. The Balaban J connectivity index is 2.28. The van der Waals surface area contributed by atoms with E-state index in [4.69, 9.17) is 4.74 Å². The van der Waals surface area contributed by atoms with Gasteiger partial charge in [0.1, 0.15) is 5.75 Å². The van der Waals surface area contributed by atoms with Gasteiger partial charge in [-0.2, -0.15) is 12.7 Å². The average Bonchev–Trinajstić information content (AvgIpc) is 2.54. The van der Waals surface area contributed by atoms with Crippen LogP contribution < -0.4 is 9.04 Å². The van der Waals surface area contributed by atoms with E-state index in [0.29, 0.717) is 24.4 Å². The smallest absolute Gasteiger partial charge is 0.304 e. The van der Waals surface area contributed by atoms with Gasteiger partial charge < -0.3 is 9.84 Å². The molecule has 1 unspecified atom stereocenters. The topological polar surface area (TPSA) is 70.1 Å². The Morgan fingerprint density at radius 3 is 2.86 bits per heavy atom. The second kappa shape index (κ2) is 6.64. The third-order valence-electron chi connectivity index (χ3n) is 3.84. The number of aliphatic hydroxyl groups excluding tert-OH is 1. The first-order valence-corrected chi connectivity index (χ1v) is 8.41. The van der Waals surface area contributed by atoms with Crippen LogP contribution in [0, 0.1) is 0 Å². The second-order valence-electron chi connectivity index (χ2n) is 5.12. The number of hydrogen-bond donors (Lipinski definition) is 1. The molecule has 1 saturated heterocycles. The van der Waals surface area contributed by atoms with E-state index >= 15 is 0 Å². The van der Waals surface area contributed by atoms with Gasteiger partial charge in [-0.05, 0) is 25.0 Å². The fourth-order valence-corrected chi connectivity index (χ4v) is 4.16. The van der Waals surface area contributed by atoms with Crippen molar-refractivity contribution in [2.75, 3.05) is 31.6 Å². The SMILES string of the molecule is COc1cccc(N(C)S(=O)(=O)N2CCCCC2CO)c1. The molecule has 1 aliphatic heterocycles. The molecule has 0 bridgehead atoms. The number of nitrogens with zero attached hydrogens (tertiary/aromatic N) is 2. The molecule has 7 heteroatoms. The van der Waals surface area contributed by atoms with Crippen molar-refractivity contribution in [3.63, 3.8) is 0 Å². The molecular weight excluding hydrogens is 292 g/mol. The molecule has 21 heavy (non-hydrogen) atoms. The summed E-state index contributed by atoms with van der Waals surface area (Å²) in [5.74, 6) is 0.604. The van der Waals surface area contributed by atoms with E-state index in [1.54, 1.807) is 31.4 Å². The third kappa shape index (κ3) is 3.30. The molecule has 2 rings (SSSR count). The predicted octanol–water partition coefficient (Wildman–Crippen LogP) is 1.22. The van der Waals surface area contributed by atoms with Gasteiger partial charge in [-0.3, -0.25) is 4.31 Å². The Hall–Kier alpha value is -1.31. The Labute approximate surface area is 126 Å². The lowest BCUT2D eigenvalue weighted by molar-refractivity contribution is 0.155. The zero-order valence-electron chi connectivity index (χ0n) is 12.4. The van der Waals surface area contributed by atoms with Gasteiger partial charge in [0.25, 0.3) is 0 Å². The van der Waals surface area contributed by atoms with Crippen LogP contribution in [0.3, 0.4) is 0 Å². The van der Waals surface area contributed by atoms with Crippen molar-refractivity contribution in [1.29, 1.82) is 0 Å². The Morgan fingerprint density at radius 2 is 2.19 bits per heavy atom. The lowest BCUT2D eigenvalue weighted by Crippen LogP contribution is -2.51. The van der Waals surface area contributed by atoms with E-state index in [-0.39, 0.29) is 12.6 Å². The molecule has 118 valence electrons. The van der Waals surface area contributed by atoms with Crippen LogP contribution in [-0.4, -0.2) is 51.2 Å². The Morgan fingerprint density at radius 1 is 1.43 bits per heavy atom. The first-order valence-electron chi connectivity index (χ1n) is 7.01. The van der Waals surface area contributed by atoms with Gasteiger partial charge in [0.2, 0.25) is 0 Å². The summed E-state index contributed by atoms with van der Waals surface area (Å²) >= 11 is 0. The van der Waals surface area contributed by atoms with Crippen molar-refractivity contribution in [1.82, 2.24) is 4.31 Å². The Kier molecular flexibility index (Phi) is 5.08. The summed E-state index contributed by atoms with van der Waals surface area (Å²) in [6, 6.07) is 6.58. The first-order chi connectivity index (χ1) is 10.0. The van der Waals surface area contributed by atoms with Gasteiger partial charge in [0.05, 0.1) is 19.4 Å². The summed E-state index contributed by atoms with van der Waals surface area (Å²) in [7, 11) is -0.588. The van der Waals surface area contributed by atoms with E-state index in [0.717, 1.165) is 12.8 Å². The number of benzene rings is 1. The number of aliphatic hydroxyl groups is 1. The van der Waals surface area contributed by atoms with Crippen molar-refractivity contribution in [2.45, 2.75) is 25.3 Å². The van der Waals surface area contributed by atoms with Crippen LogP contribution in [0.4, 0.5) is 5.69 Å². The predicted molar refractivity (Wildman–Crippen MR) is 81.7 cm³/mol. The van der Waals surface area contributed by atoms with Crippen molar-refractivity contribution in [2.24, 2.45) is 0 Å². The summed E-state index contributed by atoms with van der Waals surface area (Å²) in [5, 5.41) is 9.41. The molecular formula is C14H22N2O4S. The van der Waals surface area contributed by atoms with Gasteiger partial charge in [-0.1, -0.05) is 12.5 Å². The molecule has 1 atom stereocenters. The highest BCUT2D eigenvalue weighted by Crippen LogP contribution is 2.27. The zero-order chi connectivity index (χ0) is 15.5. The highest BCUT2D eigenvalue weighted by molar-refractivity contribution is 7.90. The molecule has 1 aromatic rings. The molecule has 1 fully saturated rings. The first kappa shape index (κ1) is 16.1. The molecule has 6 nitrogen and oxygen atoms in total. The van der Waals surface area contributed by atoms with Crippen LogP contribution in [0.2, 0.25) is 0 Å². The summed E-state index contributed by atoms with van der Waals surface area (Å²) in [4.78, 5) is 0. The number of piperidine rings is 1. The second-order valence-corrected chi connectivity index (χ2v) is 7.03. The van der Waals surface area contributed by atoms with E-state index in [9.17, 15) is 13.5 Å². The molecule has 0 saturated carbocycles. The van der Waals surface area contributed by atoms with Gasteiger partial charge in [0, 0.05) is 25.7 Å². The molecule has 0 amide bonds. The van der Waals surface area contributed by atoms with Crippen LogP contribution >= 0.6 is 0 Å². The zero-order valence-corrected chi connectivity index (χ0v) is 13.2. The molecule has 0 radical (unpaired) electrons. The van der Waals surface area contributed by atoms with Gasteiger partial charge in [0.15, 0.2) is 0 Å². The lowest BCUT2D eigenvalue weighted by Gasteiger charge is -2.36. The monoisotopic (exact) mass is 314 g/mol. The van der Waals surface area contributed by atoms with Gasteiger partial charge in [-0.15, -0.1) is 0 Å². The molecule has 0 aliphatic carbocycles. The lowest BCUT2D eigenvalue weighted by atomic mass is 10.1. The van der Waals surface area contributed by atoms with E-state index in [1.165, 1.54) is 15.7 Å². The van der Waals surface area contributed by atoms with Crippen LogP contribution in [0.25, 0.3) is 0 Å². The molecule has 1 aromatic carbocycles. The number of ether oxygens (including phenoxy) is 1. The van der Waals surface area contributed by atoms with Crippen molar-refractivity contribution in [3.8, 4) is 5.75 Å². The summed E-state index contributed by atoms with van der Waals surface area (Å²) < 4.78 is 33.3. The highest BCUT2D eigenvalue weighted by Gasteiger charge is 2.34. The quantitative estimate of drug-likeness (QED) is 0.887. The van der Waals surface area contributed by atoms with Crippen LogP contribution in [0.15, 0.2) is 24.3 Å². The van der Waals surface area contributed by atoms with Crippen LogP contribution in [0.1, 0.15) is 19.3 Å². The van der Waals surface area contributed by atoms with Crippen molar-refractivity contribution in [3.05, 3.63) is 24.3 Å². The maximum atomic E-state index is 12.8. The van der Waals surface area contributed by atoms with Crippen LogP contribution in [-0.2, 0) is 10.2 Å². The number of hydrogen-bond acceptors (Lipinski definition) is 4. The van der Waals surface area contributed by atoms with Crippen LogP contribution in [0.5, 0.6) is 5.75 Å². The third-order valence-corrected chi connectivity index (χ3v) is 5.82. The van der Waals surface area contributed by atoms with E-state index < -0.39 is 10.2 Å². The minimum atomic E-state index is -3.65. The highest BCUT2D eigenvalue weighted by atomic mass is 32.2. The molecule has 0 aromatic heterocycles. The molecule has 1 N–H and O–H groups in total. The number of anilines is 1. The average molecular weight is 314 g/mol. The minimum absolute atomic E-state index is 0.148. The molecule has 0 spiro atoms.